The summed E-state index contributed by atoms with van der Waals surface area (Å²) < 4.78 is 0. The van der Waals surface area contributed by atoms with Gasteiger partial charge in [-0.05, 0) is 41.9 Å². The standard InChI is InChI=1S/C19H29NO2/c1-5-14(6-2)19(22)20-10-9-15-7-8-16(11-17(15)12-20)18(21)13(3)4/h7-8,11,13-14,18,21H,5-6,9-10,12H2,1-4H3. The van der Waals surface area contributed by atoms with Crippen LogP contribution in [0.4, 0.5) is 0 Å². The Morgan fingerprint density at radius 1 is 1.23 bits per heavy atom. The Balaban J connectivity index is 2.18. The quantitative estimate of drug-likeness (QED) is 0.901. The normalized spacial score (nSPS) is 16.0. The molecule has 1 aliphatic heterocycles. The highest BCUT2D eigenvalue weighted by atomic mass is 16.3. The highest BCUT2D eigenvalue weighted by Gasteiger charge is 2.26. The van der Waals surface area contributed by atoms with Gasteiger partial charge >= 0.3 is 0 Å². The Bertz CT molecular complexity index is 520. The first kappa shape index (κ1) is 17.0. The van der Waals surface area contributed by atoms with Crippen molar-refractivity contribution in [2.45, 2.75) is 59.6 Å². The molecule has 1 heterocycles. The number of carbonyl (C=O) groups is 1. The smallest absolute Gasteiger partial charge is 0.225 e. The molecule has 1 aromatic rings. The van der Waals surface area contributed by atoms with E-state index in [9.17, 15) is 9.90 Å². The van der Waals surface area contributed by atoms with Gasteiger partial charge in [-0.1, -0.05) is 45.9 Å². The highest BCUT2D eigenvalue weighted by Crippen LogP contribution is 2.27. The fraction of sp³-hybridized carbons (Fsp3) is 0.632. The predicted molar refractivity (Wildman–Crippen MR) is 89.4 cm³/mol. The SMILES string of the molecule is CCC(CC)C(=O)N1CCc2ccc(C(O)C(C)C)cc2C1. The van der Waals surface area contributed by atoms with Crippen molar-refractivity contribution < 1.29 is 9.90 Å². The van der Waals surface area contributed by atoms with E-state index in [1.807, 2.05) is 24.8 Å². The minimum absolute atomic E-state index is 0.144. The largest absolute Gasteiger partial charge is 0.388 e. The van der Waals surface area contributed by atoms with Crippen molar-refractivity contribution in [3.63, 3.8) is 0 Å². The molecule has 1 N–H and O–H groups in total. The molecule has 1 amide bonds. The first-order valence-corrected chi connectivity index (χ1v) is 8.56. The molecule has 0 spiro atoms. The molecule has 122 valence electrons. The van der Waals surface area contributed by atoms with E-state index >= 15 is 0 Å². The summed E-state index contributed by atoms with van der Waals surface area (Å²) in [6, 6.07) is 6.24. The lowest BCUT2D eigenvalue weighted by Crippen LogP contribution is -2.39. The number of amides is 1. The summed E-state index contributed by atoms with van der Waals surface area (Å²) in [6.45, 7) is 9.71. The van der Waals surface area contributed by atoms with Gasteiger partial charge in [-0.25, -0.2) is 0 Å². The lowest BCUT2D eigenvalue weighted by atomic mass is 9.91. The van der Waals surface area contributed by atoms with Crippen LogP contribution < -0.4 is 0 Å². The van der Waals surface area contributed by atoms with Crippen molar-refractivity contribution in [2.75, 3.05) is 6.54 Å². The van der Waals surface area contributed by atoms with Crippen LogP contribution in [0.25, 0.3) is 0 Å². The van der Waals surface area contributed by atoms with Crippen LogP contribution in [0.3, 0.4) is 0 Å². The van der Waals surface area contributed by atoms with Gasteiger partial charge in [0.1, 0.15) is 0 Å². The van der Waals surface area contributed by atoms with Gasteiger partial charge in [-0.3, -0.25) is 4.79 Å². The van der Waals surface area contributed by atoms with Crippen molar-refractivity contribution in [1.82, 2.24) is 4.90 Å². The molecule has 1 atom stereocenters. The number of fused-ring (bicyclic) bond motifs is 1. The first-order chi connectivity index (χ1) is 10.5. The maximum Gasteiger partial charge on any atom is 0.225 e. The first-order valence-electron chi connectivity index (χ1n) is 8.56. The average molecular weight is 303 g/mol. The molecular formula is C19H29NO2. The van der Waals surface area contributed by atoms with Gasteiger partial charge in [0.15, 0.2) is 0 Å². The summed E-state index contributed by atoms with van der Waals surface area (Å²) in [6.07, 6.45) is 2.30. The number of carbonyl (C=O) groups excluding carboxylic acids is 1. The zero-order valence-electron chi connectivity index (χ0n) is 14.3. The number of hydrogen-bond donors (Lipinski definition) is 1. The molecule has 0 saturated heterocycles. The molecule has 0 aromatic heterocycles. The number of benzene rings is 1. The van der Waals surface area contributed by atoms with E-state index in [0.29, 0.717) is 6.54 Å². The van der Waals surface area contributed by atoms with Crippen LogP contribution in [0.5, 0.6) is 0 Å². The van der Waals surface area contributed by atoms with E-state index in [2.05, 4.69) is 26.0 Å². The summed E-state index contributed by atoms with van der Waals surface area (Å²) in [5.74, 6) is 0.625. The summed E-state index contributed by atoms with van der Waals surface area (Å²) in [7, 11) is 0. The zero-order valence-corrected chi connectivity index (χ0v) is 14.3. The van der Waals surface area contributed by atoms with E-state index in [4.69, 9.17) is 0 Å². The van der Waals surface area contributed by atoms with Gasteiger partial charge in [0, 0.05) is 19.0 Å². The second-order valence-corrected chi connectivity index (χ2v) is 6.74. The van der Waals surface area contributed by atoms with Crippen molar-refractivity contribution in [2.24, 2.45) is 11.8 Å². The van der Waals surface area contributed by atoms with E-state index in [1.54, 1.807) is 0 Å². The van der Waals surface area contributed by atoms with Gasteiger partial charge in [0.05, 0.1) is 6.10 Å². The molecular weight excluding hydrogens is 274 g/mol. The minimum Gasteiger partial charge on any atom is -0.388 e. The summed E-state index contributed by atoms with van der Waals surface area (Å²) >= 11 is 0. The second kappa shape index (κ2) is 7.28. The molecule has 3 nitrogen and oxygen atoms in total. The van der Waals surface area contributed by atoms with Crippen molar-refractivity contribution in [3.8, 4) is 0 Å². The van der Waals surface area contributed by atoms with Crippen LogP contribution in [-0.2, 0) is 17.8 Å². The van der Waals surface area contributed by atoms with E-state index in [1.165, 1.54) is 11.1 Å². The van der Waals surface area contributed by atoms with Gasteiger partial charge in [-0.2, -0.15) is 0 Å². The Morgan fingerprint density at radius 2 is 1.91 bits per heavy atom. The zero-order chi connectivity index (χ0) is 16.3. The van der Waals surface area contributed by atoms with Crippen LogP contribution >= 0.6 is 0 Å². The van der Waals surface area contributed by atoms with Crippen LogP contribution in [-0.4, -0.2) is 22.5 Å². The Morgan fingerprint density at radius 3 is 2.50 bits per heavy atom. The number of aliphatic hydroxyl groups is 1. The molecule has 0 aliphatic carbocycles. The van der Waals surface area contributed by atoms with Crippen LogP contribution in [0.1, 0.15) is 63.3 Å². The summed E-state index contributed by atoms with van der Waals surface area (Å²) in [4.78, 5) is 14.6. The maximum absolute atomic E-state index is 12.6. The van der Waals surface area contributed by atoms with Gasteiger partial charge in [-0.15, -0.1) is 0 Å². The second-order valence-electron chi connectivity index (χ2n) is 6.74. The fourth-order valence-corrected chi connectivity index (χ4v) is 3.23. The van der Waals surface area contributed by atoms with E-state index in [0.717, 1.165) is 31.4 Å². The molecule has 0 saturated carbocycles. The topological polar surface area (TPSA) is 40.5 Å². The number of rotatable bonds is 5. The Hall–Kier alpha value is -1.35. The lowest BCUT2D eigenvalue weighted by molar-refractivity contribution is -0.136. The predicted octanol–water partition coefficient (Wildman–Crippen LogP) is 3.70. The monoisotopic (exact) mass is 303 g/mol. The fourth-order valence-electron chi connectivity index (χ4n) is 3.23. The Labute approximate surface area is 134 Å². The van der Waals surface area contributed by atoms with Crippen molar-refractivity contribution in [3.05, 3.63) is 34.9 Å². The van der Waals surface area contributed by atoms with Gasteiger partial charge < -0.3 is 10.0 Å². The molecule has 0 fully saturated rings. The molecule has 2 rings (SSSR count). The average Bonchev–Trinajstić information content (AvgIpc) is 2.53. The minimum atomic E-state index is -0.435. The summed E-state index contributed by atoms with van der Waals surface area (Å²) in [5.41, 5.74) is 3.47. The number of nitrogens with zero attached hydrogens (tertiary/aromatic N) is 1. The molecule has 22 heavy (non-hydrogen) atoms. The molecule has 0 radical (unpaired) electrons. The molecule has 3 heteroatoms. The van der Waals surface area contributed by atoms with E-state index < -0.39 is 6.10 Å². The molecule has 1 aliphatic rings. The highest BCUT2D eigenvalue weighted by molar-refractivity contribution is 5.79. The van der Waals surface area contributed by atoms with Crippen molar-refractivity contribution >= 4 is 5.91 Å². The molecule has 0 bridgehead atoms. The maximum atomic E-state index is 12.6. The van der Waals surface area contributed by atoms with Gasteiger partial charge in [0.2, 0.25) is 5.91 Å². The van der Waals surface area contributed by atoms with Crippen LogP contribution in [0.2, 0.25) is 0 Å². The molecule has 1 aromatic carbocycles. The van der Waals surface area contributed by atoms with Crippen molar-refractivity contribution in [1.29, 1.82) is 0 Å². The Kier molecular flexibility index (Phi) is 5.63. The van der Waals surface area contributed by atoms with E-state index in [-0.39, 0.29) is 17.7 Å². The third kappa shape index (κ3) is 3.52. The molecule has 1 unspecified atom stereocenters. The van der Waals surface area contributed by atoms with Crippen LogP contribution in [0.15, 0.2) is 18.2 Å². The van der Waals surface area contributed by atoms with Crippen LogP contribution in [0, 0.1) is 11.8 Å². The summed E-state index contributed by atoms with van der Waals surface area (Å²) in [5, 5.41) is 10.3. The lowest BCUT2D eigenvalue weighted by Gasteiger charge is -2.32. The van der Waals surface area contributed by atoms with Gasteiger partial charge in [0.25, 0.3) is 0 Å². The number of aliphatic hydroxyl groups excluding tert-OH is 1. The third-order valence-corrected chi connectivity index (χ3v) is 4.86. The number of hydrogen-bond acceptors (Lipinski definition) is 2. The third-order valence-electron chi connectivity index (χ3n) is 4.86.